The molecule has 2 unspecified atom stereocenters. The molecule has 3 N–H and O–H groups in total. The Labute approximate surface area is 209 Å². The molecule has 8 nitrogen and oxygen atoms in total. The van der Waals surface area contributed by atoms with Crippen LogP contribution in [-0.4, -0.2) is 42.8 Å². The third-order valence-corrected chi connectivity index (χ3v) is 6.28. The minimum absolute atomic E-state index is 0.0570. The summed E-state index contributed by atoms with van der Waals surface area (Å²) in [6, 6.07) is 21.3. The molecule has 1 aliphatic carbocycles. The van der Waals surface area contributed by atoms with Gasteiger partial charge >= 0.3 is 12.1 Å². The molecule has 36 heavy (non-hydrogen) atoms. The second-order valence-corrected chi connectivity index (χ2v) is 8.63. The summed E-state index contributed by atoms with van der Waals surface area (Å²) in [5.74, 6) is -1.36. The summed E-state index contributed by atoms with van der Waals surface area (Å²) in [5, 5.41) is 14.5. The molecule has 8 heteroatoms. The van der Waals surface area contributed by atoms with Gasteiger partial charge in [-0.1, -0.05) is 60.7 Å². The number of carboxylic acids is 1. The molecule has 0 saturated heterocycles. The van der Waals surface area contributed by atoms with Crippen molar-refractivity contribution >= 4 is 18.0 Å². The van der Waals surface area contributed by atoms with E-state index in [-0.39, 0.29) is 12.5 Å². The Bertz CT molecular complexity index is 1230. The molecular weight excluding hydrogens is 460 g/mol. The molecule has 0 saturated carbocycles. The van der Waals surface area contributed by atoms with E-state index in [2.05, 4.69) is 10.6 Å². The van der Waals surface area contributed by atoms with Crippen LogP contribution in [0.1, 0.15) is 42.0 Å². The predicted molar refractivity (Wildman–Crippen MR) is 134 cm³/mol. The van der Waals surface area contributed by atoms with E-state index in [9.17, 15) is 19.5 Å². The number of hydrogen-bond donors (Lipinski definition) is 3. The average Bonchev–Trinajstić information content (AvgIpc) is 3.20. The van der Waals surface area contributed by atoms with E-state index in [0.29, 0.717) is 5.75 Å². The molecule has 0 spiro atoms. The van der Waals surface area contributed by atoms with Crippen LogP contribution >= 0.6 is 0 Å². The van der Waals surface area contributed by atoms with Crippen molar-refractivity contribution in [3.05, 3.63) is 89.5 Å². The molecule has 2 atom stereocenters. The number of rotatable bonds is 9. The van der Waals surface area contributed by atoms with E-state index >= 15 is 0 Å². The summed E-state index contributed by atoms with van der Waals surface area (Å²) in [6.07, 6.45) is -1.44. The molecular formula is C28H28N2O6. The Morgan fingerprint density at radius 2 is 1.56 bits per heavy atom. The van der Waals surface area contributed by atoms with Gasteiger partial charge in [0.2, 0.25) is 5.91 Å². The van der Waals surface area contributed by atoms with Crippen molar-refractivity contribution in [1.29, 1.82) is 0 Å². The van der Waals surface area contributed by atoms with Crippen LogP contribution in [-0.2, 0) is 14.3 Å². The molecule has 2 amide bonds. The molecule has 0 fully saturated rings. The molecule has 1 aliphatic rings. The third-order valence-electron chi connectivity index (χ3n) is 6.28. The van der Waals surface area contributed by atoms with Gasteiger partial charge in [0.05, 0.1) is 19.6 Å². The Hall–Kier alpha value is -4.33. The Morgan fingerprint density at radius 1 is 0.917 bits per heavy atom. The van der Waals surface area contributed by atoms with E-state index in [4.69, 9.17) is 9.47 Å². The number of carbonyl (C=O) groups is 3. The van der Waals surface area contributed by atoms with Gasteiger partial charge in [0.25, 0.3) is 0 Å². The van der Waals surface area contributed by atoms with E-state index in [1.54, 1.807) is 32.2 Å². The van der Waals surface area contributed by atoms with Crippen LogP contribution in [0.15, 0.2) is 72.8 Å². The number of methoxy groups -OCH3 is 1. The summed E-state index contributed by atoms with van der Waals surface area (Å²) in [6.45, 7) is 1.82. The minimum atomic E-state index is -1.30. The zero-order chi connectivity index (χ0) is 25.7. The van der Waals surface area contributed by atoms with E-state index in [1.165, 1.54) is 0 Å². The second-order valence-electron chi connectivity index (χ2n) is 8.63. The molecule has 0 radical (unpaired) electrons. The van der Waals surface area contributed by atoms with Crippen molar-refractivity contribution in [3.63, 3.8) is 0 Å². The van der Waals surface area contributed by atoms with Crippen molar-refractivity contribution in [2.75, 3.05) is 13.7 Å². The number of nitrogens with one attached hydrogen (secondary N) is 2. The number of benzene rings is 3. The maximum Gasteiger partial charge on any atom is 0.407 e. The number of aliphatic carboxylic acids is 1. The van der Waals surface area contributed by atoms with Gasteiger partial charge in [-0.3, -0.25) is 9.59 Å². The van der Waals surface area contributed by atoms with Crippen molar-refractivity contribution in [3.8, 4) is 16.9 Å². The lowest BCUT2D eigenvalue weighted by Gasteiger charge is -2.21. The van der Waals surface area contributed by atoms with Crippen molar-refractivity contribution < 1.29 is 29.0 Å². The Morgan fingerprint density at radius 3 is 2.17 bits per heavy atom. The molecule has 3 aromatic rings. The fourth-order valence-electron chi connectivity index (χ4n) is 4.47. The summed E-state index contributed by atoms with van der Waals surface area (Å²) >= 11 is 0. The number of amides is 2. The number of hydrogen-bond acceptors (Lipinski definition) is 5. The van der Waals surface area contributed by atoms with E-state index < -0.39 is 36.5 Å². The monoisotopic (exact) mass is 488 g/mol. The highest BCUT2D eigenvalue weighted by Gasteiger charge is 2.30. The van der Waals surface area contributed by atoms with Gasteiger partial charge in [-0.2, -0.15) is 0 Å². The Kier molecular flexibility index (Phi) is 7.53. The average molecular weight is 489 g/mol. The second kappa shape index (κ2) is 10.9. The predicted octanol–water partition coefficient (Wildman–Crippen LogP) is 4.25. The molecule has 0 aliphatic heterocycles. The van der Waals surface area contributed by atoms with Crippen LogP contribution in [0.3, 0.4) is 0 Å². The number of fused-ring (bicyclic) bond motifs is 3. The normalized spacial score (nSPS) is 13.6. The molecule has 0 bridgehead atoms. The van der Waals surface area contributed by atoms with Crippen LogP contribution in [0.4, 0.5) is 4.79 Å². The van der Waals surface area contributed by atoms with Gasteiger partial charge in [-0.25, -0.2) is 4.79 Å². The van der Waals surface area contributed by atoms with Gasteiger partial charge in [-0.15, -0.1) is 0 Å². The van der Waals surface area contributed by atoms with Gasteiger partial charge < -0.3 is 25.2 Å². The molecule has 0 heterocycles. The van der Waals surface area contributed by atoms with Crippen molar-refractivity contribution in [2.24, 2.45) is 0 Å². The van der Waals surface area contributed by atoms with Crippen LogP contribution in [0.5, 0.6) is 5.75 Å². The summed E-state index contributed by atoms with van der Waals surface area (Å²) < 4.78 is 10.7. The highest BCUT2D eigenvalue weighted by molar-refractivity contribution is 5.89. The highest BCUT2D eigenvalue weighted by Crippen LogP contribution is 2.44. The first-order valence-electron chi connectivity index (χ1n) is 11.6. The lowest BCUT2D eigenvalue weighted by Crippen LogP contribution is -2.48. The Balaban J connectivity index is 1.41. The molecule has 0 aromatic heterocycles. The van der Waals surface area contributed by atoms with Gasteiger partial charge in [0.15, 0.2) is 0 Å². The first-order chi connectivity index (χ1) is 17.4. The quantitative estimate of drug-likeness (QED) is 0.415. The SMILES string of the molecule is COc1cccc(C(C)NC(=O)C(CC(=O)O)NC(=O)OCC2c3ccccc3-c3ccccc32)c1. The fraction of sp³-hybridized carbons (Fsp3) is 0.250. The number of alkyl carbamates (subject to hydrolysis) is 1. The van der Waals surface area contributed by atoms with Crippen LogP contribution in [0.2, 0.25) is 0 Å². The third kappa shape index (κ3) is 5.49. The van der Waals surface area contributed by atoms with Crippen LogP contribution in [0, 0.1) is 0 Å². The standard InChI is InChI=1S/C28H28N2O6/c1-17(18-8-7-9-19(14-18)35-2)29-27(33)25(15-26(31)32)30-28(34)36-16-24-22-12-5-3-10-20(22)21-11-4-6-13-23(21)24/h3-14,17,24-25H,15-16H2,1-2H3,(H,29,33)(H,30,34)(H,31,32). The molecule has 186 valence electrons. The largest absolute Gasteiger partial charge is 0.497 e. The lowest BCUT2D eigenvalue weighted by atomic mass is 9.98. The smallest absolute Gasteiger partial charge is 0.407 e. The topological polar surface area (TPSA) is 114 Å². The lowest BCUT2D eigenvalue weighted by molar-refractivity contribution is -0.140. The number of carboxylic acid groups (broad SMARTS) is 1. The van der Waals surface area contributed by atoms with Crippen molar-refractivity contribution in [2.45, 2.75) is 31.3 Å². The van der Waals surface area contributed by atoms with Crippen LogP contribution < -0.4 is 15.4 Å². The zero-order valence-electron chi connectivity index (χ0n) is 20.1. The highest BCUT2D eigenvalue weighted by atomic mass is 16.5. The van der Waals surface area contributed by atoms with Gasteiger partial charge in [0, 0.05) is 5.92 Å². The first-order valence-corrected chi connectivity index (χ1v) is 11.6. The zero-order valence-corrected chi connectivity index (χ0v) is 20.1. The van der Waals surface area contributed by atoms with Crippen molar-refractivity contribution in [1.82, 2.24) is 10.6 Å². The first kappa shape index (κ1) is 24.8. The minimum Gasteiger partial charge on any atom is -0.497 e. The van der Waals surface area contributed by atoms with Gasteiger partial charge in [-0.05, 0) is 46.9 Å². The van der Waals surface area contributed by atoms with E-state index in [1.807, 2.05) is 54.6 Å². The van der Waals surface area contributed by atoms with Crippen LogP contribution in [0.25, 0.3) is 11.1 Å². The summed E-state index contributed by atoms with van der Waals surface area (Å²) in [5.41, 5.74) is 5.07. The number of ether oxygens (including phenoxy) is 2. The molecule has 3 aromatic carbocycles. The fourth-order valence-corrected chi connectivity index (χ4v) is 4.47. The summed E-state index contributed by atoms with van der Waals surface area (Å²) in [4.78, 5) is 36.9. The maximum atomic E-state index is 12.9. The maximum absolute atomic E-state index is 12.9. The van der Waals surface area contributed by atoms with E-state index in [0.717, 1.165) is 27.8 Å². The van der Waals surface area contributed by atoms with Gasteiger partial charge in [0.1, 0.15) is 18.4 Å². The summed E-state index contributed by atoms with van der Waals surface area (Å²) in [7, 11) is 1.55. The number of carbonyl (C=O) groups excluding carboxylic acids is 2. The molecule has 4 rings (SSSR count).